The van der Waals surface area contributed by atoms with Crippen molar-refractivity contribution in [2.75, 3.05) is 28.4 Å². The van der Waals surface area contributed by atoms with E-state index < -0.39 is 111 Å². The number of Topliss-reactive ketones (excluding diaryl/α,β-unsaturated/α-hetero) is 2. The molecule has 10 atom stereocenters. The van der Waals surface area contributed by atoms with E-state index in [1.54, 1.807) is 19.9 Å². The van der Waals surface area contributed by atoms with Gasteiger partial charge in [-0.1, -0.05) is 6.07 Å². The van der Waals surface area contributed by atoms with Gasteiger partial charge in [-0.15, -0.1) is 0 Å². The van der Waals surface area contributed by atoms with Gasteiger partial charge in [-0.05, 0) is 49.6 Å². The number of benzene rings is 2. The van der Waals surface area contributed by atoms with Crippen LogP contribution in [0.4, 0.5) is 0 Å². The summed E-state index contributed by atoms with van der Waals surface area (Å²) in [5, 5.41) is 72.6. The van der Waals surface area contributed by atoms with Crippen LogP contribution in [0.25, 0.3) is 0 Å². The number of ketones is 3. The average Bonchev–Trinajstić information content (AvgIpc) is 3.60. The van der Waals surface area contributed by atoms with Crippen molar-refractivity contribution in [3.63, 3.8) is 0 Å². The Morgan fingerprint density at radius 3 is 2.34 bits per heavy atom. The second-order valence-electron chi connectivity index (χ2n) is 15.6. The van der Waals surface area contributed by atoms with Gasteiger partial charge in [0, 0.05) is 63.4 Å². The monoisotopic (exact) mass is 821 g/mol. The number of carbonyl (C=O) groups excluding carboxylic acids is 4. The van der Waals surface area contributed by atoms with E-state index in [-0.39, 0.29) is 52.8 Å². The lowest BCUT2D eigenvalue weighted by Gasteiger charge is -2.48. The smallest absolute Gasteiger partial charge is 0.341 e. The molecule has 2 aromatic carbocycles. The predicted molar refractivity (Wildman–Crippen MR) is 202 cm³/mol. The van der Waals surface area contributed by atoms with Gasteiger partial charge in [0.2, 0.25) is 5.78 Å². The predicted octanol–water partition coefficient (Wildman–Crippen LogP) is 1.41. The quantitative estimate of drug-likeness (QED) is 0.143. The van der Waals surface area contributed by atoms with E-state index in [0.29, 0.717) is 11.3 Å². The first kappa shape index (κ1) is 42.2. The molecule has 4 aliphatic rings. The minimum atomic E-state index is -2.44. The highest BCUT2D eigenvalue weighted by molar-refractivity contribution is 6.25. The van der Waals surface area contributed by atoms with Crippen LogP contribution >= 0.6 is 0 Å². The van der Waals surface area contributed by atoms with E-state index in [4.69, 9.17) is 28.1 Å². The molecule has 0 spiro atoms. The number of esters is 1. The zero-order valence-electron chi connectivity index (χ0n) is 33.4. The van der Waals surface area contributed by atoms with Crippen LogP contribution in [0.15, 0.2) is 40.7 Å². The van der Waals surface area contributed by atoms with Gasteiger partial charge in [0.05, 0.1) is 54.4 Å². The average molecular weight is 822 g/mol. The van der Waals surface area contributed by atoms with Gasteiger partial charge < -0.3 is 64.1 Å². The number of aromatic hydroxyl groups is 2. The van der Waals surface area contributed by atoms with E-state index in [1.165, 1.54) is 33.5 Å². The second kappa shape index (κ2) is 15.2. The maximum atomic E-state index is 15.1. The van der Waals surface area contributed by atoms with Crippen LogP contribution in [0.5, 0.6) is 11.5 Å². The van der Waals surface area contributed by atoms with E-state index in [1.807, 2.05) is 0 Å². The Morgan fingerprint density at radius 1 is 1.02 bits per heavy atom. The molecule has 1 aromatic heterocycles. The summed E-state index contributed by atoms with van der Waals surface area (Å²) in [6, 6.07) is 4.17. The lowest BCUT2D eigenvalue weighted by Crippen LogP contribution is -2.63. The van der Waals surface area contributed by atoms with Crippen molar-refractivity contribution < 1.29 is 77.9 Å². The van der Waals surface area contributed by atoms with Crippen LogP contribution < -0.4 is 5.32 Å². The number of phenols is 2. The molecule has 3 aromatic rings. The summed E-state index contributed by atoms with van der Waals surface area (Å²) in [5.74, 6) is -6.93. The van der Waals surface area contributed by atoms with Gasteiger partial charge in [-0.2, -0.15) is 0 Å². The number of carbonyl (C=O) groups is 4. The van der Waals surface area contributed by atoms with E-state index in [0.717, 1.165) is 26.4 Å². The lowest BCUT2D eigenvalue weighted by atomic mass is 9.59. The molecule has 4 unspecified atom stereocenters. The summed E-state index contributed by atoms with van der Waals surface area (Å²) >= 11 is 0. The Morgan fingerprint density at radius 2 is 1.71 bits per heavy atom. The number of methoxy groups -OCH3 is 4. The van der Waals surface area contributed by atoms with E-state index >= 15 is 4.79 Å². The van der Waals surface area contributed by atoms with Crippen molar-refractivity contribution >= 4 is 23.3 Å². The van der Waals surface area contributed by atoms with Gasteiger partial charge in [-0.3, -0.25) is 14.4 Å². The zero-order valence-corrected chi connectivity index (χ0v) is 33.4. The molecule has 1 saturated heterocycles. The third kappa shape index (κ3) is 6.30. The second-order valence-corrected chi connectivity index (χ2v) is 15.6. The number of phenolic OH excluding ortho intramolecular Hbond substituents is 2. The number of hydrogen-bond acceptors (Lipinski definition) is 17. The molecule has 7 N–H and O–H groups in total. The number of fused-ring (bicyclic) bond motifs is 5. The topological polar surface area (TPSA) is 261 Å². The largest absolute Gasteiger partial charge is 0.507 e. The maximum Gasteiger partial charge on any atom is 0.341 e. The highest BCUT2D eigenvalue weighted by Gasteiger charge is 2.64. The molecule has 59 heavy (non-hydrogen) atoms. The Labute approximate surface area is 338 Å². The Bertz CT molecular complexity index is 2280. The van der Waals surface area contributed by atoms with Crippen LogP contribution in [0.3, 0.4) is 0 Å². The van der Waals surface area contributed by atoms with Crippen LogP contribution in [-0.4, -0.2) is 131 Å². The molecule has 7 rings (SSSR count). The summed E-state index contributed by atoms with van der Waals surface area (Å²) in [4.78, 5) is 57.0. The maximum absolute atomic E-state index is 15.1. The van der Waals surface area contributed by atoms with E-state index in [9.17, 15) is 45.0 Å². The summed E-state index contributed by atoms with van der Waals surface area (Å²) in [7, 11) is 4.90. The number of allylic oxidation sites excluding steroid dienone is 1. The molecule has 17 heteroatoms. The highest BCUT2D eigenvalue weighted by Crippen LogP contribution is 2.55. The number of hydrogen-bond donors (Lipinski definition) is 7. The van der Waals surface area contributed by atoms with Crippen molar-refractivity contribution in [1.29, 1.82) is 0 Å². The first-order chi connectivity index (χ1) is 27.9. The number of aliphatic hydroxyl groups excluding tert-OH is 3. The fraction of sp³-hybridized carbons (Fsp3) is 0.476. The number of ether oxygens (including phenoxy) is 5. The highest BCUT2D eigenvalue weighted by atomic mass is 16.6. The number of rotatable bonds is 10. The third-order valence-corrected chi connectivity index (χ3v) is 12.1. The van der Waals surface area contributed by atoms with Gasteiger partial charge in [0.1, 0.15) is 46.7 Å². The zero-order chi connectivity index (χ0) is 43.0. The molecule has 17 nitrogen and oxygen atoms in total. The normalized spacial score (nSPS) is 30.5. The van der Waals surface area contributed by atoms with Crippen LogP contribution in [-0.2, 0) is 48.5 Å². The number of aryl methyl sites for hydroxylation is 1. The SMILES string of the molecule is COC(=O)c1c(C)cc2c(c1O)C1C(=O)c3cc4c(c(O)c3C(=O)[C@]1(OC)C(O)C2)C(=O)C=C(N[C@H]1O[C@@H](C)[C@H](OC)[C@@H](O)[C@H]1OC)C4(O)Cc1coc(CC(C)O)c1. The molecular formula is C42H47NO16. The molecule has 1 fully saturated rings. The van der Waals surface area contributed by atoms with Gasteiger partial charge in [0.15, 0.2) is 23.4 Å². The molecule has 316 valence electrons. The molecule has 0 saturated carbocycles. The van der Waals surface area contributed by atoms with Crippen LogP contribution in [0.1, 0.15) is 94.8 Å². The molecule has 0 bridgehead atoms. The Balaban J connectivity index is 1.44. The minimum absolute atomic E-state index is 0.126. The Hall–Kier alpha value is -4.98. The van der Waals surface area contributed by atoms with Gasteiger partial charge in [-0.25, -0.2) is 4.79 Å². The summed E-state index contributed by atoms with van der Waals surface area (Å²) in [5.41, 5.74) is -6.57. The van der Waals surface area contributed by atoms with Crippen molar-refractivity contribution in [1.82, 2.24) is 5.32 Å². The molecule has 0 amide bonds. The number of aliphatic hydroxyl groups is 4. The van der Waals surface area contributed by atoms with Crippen LogP contribution in [0.2, 0.25) is 0 Å². The van der Waals surface area contributed by atoms with Crippen molar-refractivity contribution in [2.45, 2.75) is 100 Å². The van der Waals surface area contributed by atoms with E-state index in [2.05, 4.69) is 5.32 Å². The van der Waals surface area contributed by atoms with Crippen molar-refractivity contribution in [3.8, 4) is 11.5 Å². The molecule has 0 radical (unpaired) electrons. The van der Waals surface area contributed by atoms with Gasteiger partial charge >= 0.3 is 5.97 Å². The summed E-state index contributed by atoms with van der Waals surface area (Å²) in [6.07, 6.45) is -5.80. The molecular weight excluding hydrogens is 774 g/mol. The van der Waals surface area contributed by atoms with Crippen molar-refractivity contribution in [3.05, 3.63) is 92.1 Å². The fourth-order valence-electron chi connectivity index (χ4n) is 9.40. The third-order valence-electron chi connectivity index (χ3n) is 12.1. The first-order valence-corrected chi connectivity index (χ1v) is 18.9. The lowest BCUT2D eigenvalue weighted by molar-refractivity contribution is -0.237. The summed E-state index contributed by atoms with van der Waals surface area (Å²) < 4.78 is 33.4. The summed E-state index contributed by atoms with van der Waals surface area (Å²) in [6.45, 7) is 4.74. The minimum Gasteiger partial charge on any atom is -0.507 e. The molecule has 3 aliphatic carbocycles. The molecule has 2 heterocycles. The number of furan rings is 1. The Kier molecular flexibility index (Phi) is 10.9. The standard InChI is InChI=1S/C42H47NO16/c1-16-8-20-11-26(46)42(57-7)31(28(20)33(48)27(16)40(52)56-6)32(47)22-12-23-30(34(49)29(22)38(42)51)24(45)13-25(41(23,53)14-19-10-21(58-15-19)9-17(2)44)43-39-37(55-5)35(50)36(54-4)18(3)59-39/h8,10,12-13,15,17-18,26,31,35-37,39,43-44,46,48-50,53H,9,11,14H2,1-7H3/t17?,18-,26?,31?,35+,36-,37+,39-,41?,42-/m0/s1. The van der Waals surface area contributed by atoms with Gasteiger partial charge in [0.25, 0.3) is 0 Å². The van der Waals surface area contributed by atoms with Crippen LogP contribution in [0, 0.1) is 6.92 Å². The first-order valence-electron chi connectivity index (χ1n) is 18.9. The number of nitrogens with one attached hydrogen (secondary N) is 1. The molecule has 1 aliphatic heterocycles. The fourth-order valence-corrected chi connectivity index (χ4v) is 9.40. The van der Waals surface area contributed by atoms with Crippen molar-refractivity contribution in [2.24, 2.45) is 0 Å².